The number of hydrogen-bond acceptors (Lipinski definition) is 4. The summed E-state index contributed by atoms with van der Waals surface area (Å²) in [5.74, 6) is -2.61. The monoisotopic (exact) mass is 474 g/mol. The zero-order valence-corrected chi connectivity index (χ0v) is 19.0. The van der Waals surface area contributed by atoms with Crippen LogP contribution in [0.15, 0.2) is 48.5 Å². The summed E-state index contributed by atoms with van der Waals surface area (Å²) in [5, 5.41) is 13.8. The molecule has 2 aromatic carbocycles. The molecular weight excluding hydrogens is 446 g/mol. The number of carbonyl (C=O) groups is 3. The van der Waals surface area contributed by atoms with Gasteiger partial charge in [0.25, 0.3) is 0 Å². The van der Waals surface area contributed by atoms with Gasteiger partial charge in [-0.2, -0.15) is 0 Å². The number of halogens is 2. The molecular formula is C25H28F2N2O5. The summed E-state index contributed by atoms with van der Waals surface area (Å²) in [6.07, 6.45) is -4.17. The number of fused-ring (bicyclic) bond motifs is 3. The fraction of sp³-hybridized carbons (Fsp3) is 0.400. The Hall–Kier alpha value is -3.49. The van der Waals surface area contributed by atoms with Crippen LogP contribution in [-0.2, 0) is 14.3 Å². The van der Waals surface area contributed by atoms with Crippen molar-refractivity contribution in [3.05, 3.63) is 59.7 Å². The van der Waals surface area contributed by atoms with Gasteiger partial charge in [0.2, 0.25) is 12.3 Å². The third-order valence-corrected chi connectivity index (χ3v) is 5.99. The normalized spacial score (nSPS) is 15.1. The molecule has 0 fully saturated rings. The number of benzene rings is 2. The smallest absolute Gasteiger partial charge is 0.408 e. The number of carbonyl (C=O) groups excluding carboxylic acids is 2. The lowest BCUT2D eigenvalue weighted by molar-refractivity contribution is -0.144. The molecule has 7 nitrogen and oxygen atoms in total. The highest BCUT2D eigenvalue weighted by Gasteiger charge is 2.38. The average molecular weight is 475 g/mol. The summed E-state index contributed by atoms with van der Waals surface area (Å²) in [4.78, 5) is 36.7. The Morgan fingerprint density at radius 3 is 2.12 bits per heavy atom. The van der Waals surface area contributed by atoms with Crippen LogP contribution in [0.1, 0.15) is 50.2 Å². The van der Waals surface area contributed by atoms with Crippen LogP contribution in [0.25, 0.3) is 11.1 Å². The van der Waals surface area contributed by atoms with Gasteiger partial charge in [-0.1, -0.05) is 61.9 Å². The van der Waals surface area contributed by atoms with Crippen molar-refractivity contribution >= 4 is 18.0 Å². The molecule has 2 atom stereocenters. The highest BCUT2D eigenvalue weighted by Crippen LogP contribution is 2.44. The Labute approximate surface area is 196 Å². The summed E-state index contributed by atoms with van der Waals surface area (Å²) in [7, 11) is 0. The van der Waals surface area contributed by atoms with E-state index in [1.54, 1.807) is 6.92 Å². The first-order valence-electron chi connectivity index (χ1n) is 11.1. The first-order valence-corrected chi connectivity index (χ1v) is 11.1. The maximum atomic E-state index is 12.8. The standard InChI is InChI=1S/C25H28F2N2O5/c1-3-12-25(2,23(32)28-20(22(30)31)13-21(26)27)29-24(33)34-14-19-17-10-6-4-8-15(17)16-9-5-7-11-18(16)19/h4-11,19-21H,3,12-14H2,1-2H3,(H,28,32)(H,29,33)(H,30,31). The van der Waals surface area contributed by atoms with Crippen LogP contribution in [0.4, 0.5) is 13.6 Å². The highest BCUT2D eigenvalue weighted by atomic mass is 19.3. The molecule has 0 aromatic heterocycles. The van der Waals surface area contributed by atoms with Gasteiger partial charge in [-0.25, -0.2) is 18.4 Å². The summed E-state index contributed by atoms with van der Waals surface area (Å²) < 4.78 is 30.9. The molecule has 182 valence electrons. The van der Waals surface area contributed by atoms with Crippen molar-refractivity contribution in [2.75, 3.05) is 6.61 Å². The van der Waals surface area contributed by atoms with E-state index in [9.17, 15) is 23.2 Å². The Balaban J connectivity index is 1.69. The number of carboxylic acid groups (broad SMARTS) is 1. The second-order valence-corrected chi connectivity index (χ2v) is 8.52. The summed E-state index contributed by atoms with van der Waals surface area (Å²) in [6.45, 7) is 3.22. The molecule has 9 heteroatoms. The van der Waals surface area contributed by atoms with Gasteiger partial charge in [-0.3, -0.25) is 4.79 Å². The third-order valence-electron chi connectivity index (χ3n) is 5.99. The fourth-order valence-corrected chi connectivity index (χ4v) is 4.31. The van der Waals surface area contributed by atoms with E-state index in [-0.39, 0.29) is 18.9 Å². The maximum absolute atomic E-state index is 12.8. The van der Waals surface area contributed by atoms with Crippen molar-refractivity contribution in [2.24, 2.45) is 0 Å². The van der Waals surface area contributed by atoms with Crippen molar-refractivity contribution in [1.29, 1.82) is 0 Å². The molecule has 1 aliphatic rings. The minimum Gasteiger partial charge on any atom is -0.480 e. The molecule has 0 spiro atoms. The maximum Gasteiger partial charge on any atom is 0.408 e. The van der Waals surface area contributed by atoms with Crippen LogP contribution in [0, 0.1) is 0 Å². The Morgan fingerprint density at radius 2 is 1.62 bits per heavy atom. The summed E-state index contributed by atoms with van der Waals surface area (Å²) >= 11 is 0. The van der Waals surface area contributed by atoms with Crippen LogP contribution in [0.5, 0.6) is 0 Å². The van der Waals surface area contributed by atoms with Gasteiger partial charge in [0.15, 0.2) is 0 Å². The third kappa shape index (κ3) is 5.52. The average Bonchev–Trinajstić information content (AvgIpc) is 3.10. The van der Waals surface area contributed by atoms with Crippen LogP contribution < -0.4 is 10.6 Å². The Bertz CT molecular complexity index is 1020. The lowest BCUT2D eigenvalue weighted by atomic mass is 9.94. The number of alkyl carbamates (subject to hydrolysis) is 1. The molecule has 2 unspecified atom stereocenters. The van der Waals surface area contributed by atoms with E-state index in [1.807, 2.05) is 48.5 Å². The van der Waals surface area contributed by atoms with E-state index in [1.165, 1.54) is 6.92 Å². The highest BCUT2D eigenvalue weighted by molar-refractivity contribution is 5.92. The number of nitrogens with one attached hydrogen (secondary N) is 2. The number of rotatable bonds is 10. The molecule has 0 aliphatic heterocycles. The molecule has 0 bridgehead atoms. The van der Waals surface area contributed by atoms with Gasteiger partial charge >= 0.3 is 12.1 Å². The molecule has 0 saturated heterocycles. The molecule has 0 heterocycles. The number of amides is 2. The van der Waals surface area contributed by atoms with Gasteiger partial charge in [0.1, 0.15) is 18.2 Å². The van der Waals surface area contributed by atoms with E-state index in [0.717, 1.165) is 22.3 Å². The van der Waals surface area contributed by atoms with E-state index < -0.39 is 42.4 Å². The van der Waals surface area contributed by atoms with Gasteiger partial charge < -0.3 is 20.5 Å². The topological polar surface area (TPSA) is 105 Å². The van der Waals surface area contributed by atoms with Crippen LogP contribution in [0.3, 0.4) is 0 Å². The molecule has 2 amide bonds. The molecule has 1 aliphatic carbocycles. The quantitative estimate of drug-likeness (QED) is 0.476. The summed E-state index contributed by atoms with van der Waals surface area (Å²) in [5.41, 5.74) is 2.67. The van der Waals surface area contributed by atoms with E-state index in [4.69, 9.17) is 9.84 Å². The predicted octanol–water partition coefficient (Wildman–Crippen LogP) is 4.31. The number of aliphatic carboxylic acids is 1. The summed E-state index contributed by atoms with van der Waals surface area (Å²) in [6, 6.07) is 13.9. The molecule has 0 saturated carbocycles. The van der Waals surface area contributed by atoms with Crippen molar-refractivity contribution in [3.63, 3.8) is 0 Å². The Morgan fingerprint density at radius 1 is 1.06 bits per heavy atom. The first-order chi connectivity index (χ1) is 16.2. The van der Waals surface area contributed by atoms with E-state index in [0.29, 0.717) is 6.42 Å². The van der Waals surface area contributed by atoms with Gasteiger partial charge in [-0.05, 0) is 35.6 Å². The zero-order valence-electron chi connectivity index (χ0n) is 19.0. The van der Waals surface area contributed by atoms with Crippen LogP contribution >= 0.6 is 0 Å². The van der Waals surface area contributed by atoms with Gasteiger partial charge in [0, 0.05) is 12.3 Å². The lowest BCUT2D eigenvalue weighted by Crippen LogP contribution is -2.59. The lowest BCUT2D eigenvalue weighted by Gasteiger charge is -2.30. The SMILES string of the molecule is CCCC(C)(NC(=O)OCC1c2ccccc2-c2ccccc21)C(=O)NC(CC(F)F)C(=O)O. The van der Waals surface area contributed by atoms with Crippen molar-refractivity contribution in [2.45, 2.75) is 57.0 Å². The number of hydrogen-bond donors (Lipinski definition) is 3. The van der Waals surface area contributed by atoms with Crippen molar-refractivity contribution in [3.8, 4) is 11.1 Å². The molecule has 2 aromatic rings. The molecule has 3 N–H and O–H groups in total. The van der Waals surface area contributed by atoms with Crippen LogP contribution in [0.2, 0.25) is 0 Å². The fourth-order valence-electron chi connectivity index (χ4n) is 4.31. The van der Waals surface area contributed by atoms with Crippen LogP contribution in [-0.4, -0.2) is 47.7 Å². The van der Waals surface area contributed by atoms with E-state index in [2.05, 4.69) is 10.6 Å². The van der Waals surface area contributed by atoms with E-state index >= 15 is 0 Å². The number of carboxylic acids is 1. The van der Waals surface area contributed by atoms with Gasteiger partial charge in [0.05, 0.1) is 0 Å². The molecule has 3 rings (SSSR count). The van der Waals surface area contributed by atoms with Crippen molar-refractivity contribution in [1.82, 2.24) is 10.6 Å². The van der Waals surface area contributed by atoms with Gasteiger partial charge in [-0.15, -0.1) is 0 Å². The predicted molar refractivity (Wildman–Crippen MR) is 122 cm³/mol. The number of ether oxygens (including phenoxy) is 1. The second-order valence-electron chi connectivity index (χ2n) is 8.52. The minimum absolute atomic E-state index is 0.0345. The minimum atomic E-state index is -2.91. The molecule has 34 heavy (non-hydrogen) atoms. The molecule has 0 radical (unpaired) electrons. The second kappa shape index (κ2) is 10.6. The zero-order chi connectivity index (χ0) is 24.9. The number of alkyl halides is 2. The van der Waals surface area contributed by atoms with Crippen molar-refractivity contribution < 1.29 is 33.0 Å². The first kappa shape index (κ1) is 25.1. The largest absolute Gasteiger partial charge is 0.480 e. The Kier molecular flexibility index (Phi) is 7.86.